The van der Waals surface area contributed by atoms with E-state index in [1.54, 1.807) is 19.3 Å². The Morgan fingerprint density at radius 2 is 1.83 bits per heavy atom. The highest BCUT2D eigenvalue weighted by molar-refractivity contribution is 8.00. The van der Waals surface area contributed by atoms with E-state index in [9.17, 15) is 9.59 Å². The first-order valence-corrected chi connectivity index (χ1v) is 10.1. The Labute approximate surface area is 173 Å². The standard InChI is InChI=1S/C20H22N6O2S/c1-3-26-17(16-9-11-21-12-10-16)24-25-20(26)29-14(2)18(27)23-19(28)22-13-15-7-5-4-6-8-15/h4-12,14H,3,13H2,1-2H3,(H2,22,23,27,28)/t14-/m0/s1. The molecule has 2 heterocycles. The molecule has 0 aliphatic rings. The van der Waals surface area contributed by atoms with Crippen molar-refractivity contribution >= 4 is 23.7 Å². The number of carbonyl (C=O) groups is 2. The fourth-order valence-electron chi connectivity index (χ4n) is 2.62. The molecule has 0 radical (unpaired) electrons. The van der Waals surface area contributed by atoms with Crippen molar-refractivity contribution in [3.8, 4) is 11.4 Å². The number of urea groups is 1. The van der Waals surface area contributed by atoms with Crippen LogP contribution in [-0.4, -0.2) is 36.9 Å². The highest BCUT2D eigenvalue weighted by atomic mass is 32.2. The lowest BCUT2D eigenvalue weighted by Gasteiger charge is -2.12. The van der Waals surface area contributed by atoms with E-state index in [1.807, 2.05) is 54.0 Å². The van der Waals surface area contributed by atoms with Gasteiger partial charge in [-0.2, -0.15) is 0 Å². The van der Waals surface area contributed by atoms with Gasteiger partial charge in [0.25, 0.3) is 0 Å². The lowest BCUT2D eigenvalue weighted by atomic mass is 10.2. The molecular formula is C20H22N6O2S. The highest BCUT2D eigenvalue weighted by Gasteiger charge is 2.21. The number of hydrogen-bond acceptors (Lipinski definition) is 6. The van der Waals surface area contributed by atoms with Gasteiger partial charge in [0.05, 0.1) is 5.25 Å². The van der Waals surface area contributed by atoms with Gasteiger partial charge >= 0.3 is 6.03 Å². The Morgan fingerprint density at radius 1 is 1.10 bits per heavy atom. The van der Waals surface area contributed by atoms with Crippen LogP contribution in [0.3, 0.4) is 0 Å². The summed E-state index contributed by atoms with van der Waals surface area (Å²) in [5.74, 6) is 0.322. The van der Waals surface area contributed by atoms with Crippen LogP contribution in [0.25, 0.3) is 11.4 Å². The fraction of sp³-hybridized carbons (Fsp3) is 0.250. The number of nitrogens with zero attached hydrogens (tertiary/aromatic N) is 4. The first-order valence-electron chi connectivity index (χ1n) is 9.21. The zero-order valence-corrected chi connectivity index (χ0v) is 17.0. The van der Waals surface area contributed by atoms with Crippen LogP contribution >= 0.6 is 11.8 Å². The lowest BCUT2D eigenvalue weighted by Crippen LogP contribution is -2.42. The van der Waals surface area contributed by atoms with E-state index in [4.69, 9.17) is 0 Å². The first-order chi connectivity index (χ1) is 14.1. The molecule has 3 aromatic rings. The number of pyridine rings is 1. The summed E-state index contributed by atoms with van der Waals surface area (Å²) in [7, 11) is 0. The molecule has 29 heavy (non-hydrogen) atoms. The maximum absolute atomic E-state index is 12.4. The molecule has 150 valence electrons. The van der Waals surface area contributed by atoms with E-state index in [0.29, 0.717) is 24.1 Å². The molecule has 2 N–H and O–H groups in total. The number of hydrogen-bond donors (Lipinski definition) is 2. The summed E-state index contributed by atoms with van der Waals surface area (Å²) in [6.07, 6.45) is 3.39. The largest absolute Gasteiger partial charge is 0.334 e. The van der Waals surface area contributed by atoms with E-state index in [1.165, 1.54) is 11.8 Å². The predicted molar refractivity (Wildman–Crippen MR) is 111 cm³/mol. The number of rotatable bonds is 7. The molecule has 0 bridgehead atoms. The topological polar surface area (TPSA) is 102 Å². The Hall–Kier alpha value is -3.20. The second kappa shape index (κ2) is 9.83. The number of imide groups is 1. The highest BCUT2D eigenvalue weighted by Crippen LogP contribution is 2.26. The number of thioether (sulfide) groups is 1. The van der Waals surface area contributed by atoms with Crippen LogP contribution in [0.2, 0.25) is 0 Å². The van der Waals surface area contributed by atoms with Crippen LogP contribution in [0, 0.1) is 0 Å². The van der Waals surface area contributed by atoms with Crippen molar-refractivity contribution < 1.29 is 9.59 Å². The van der Waals surface area contributed by atoms with Crippen molar-refractivity contribution in [3.63, 3.8) is 0 Å². The maximum Gasteiger partial charge on any atom is 0.321 e. The smallest absolute Gasteiger partial charge is 0.321 e. The third-order valence-electron chi connectivity index (χ3n) is 4.16. The molecule has 1 atom stereocenters. The molecule has 0 saturated carbocycles. The summed E-state index contributed by atoms with van der Waals surface area (Å²) in [5, 5.41) is 13.6. The second-order valence-electron chi connectivity index (χ2n) is 6.20. The summed E-state index contributed by atoms with van der Waals surface area (Å²) in [6.45, 7) is 4.71. The van der Waals surface area contributed by atoms with Crippen molar-refractivity contribution in [1.82, 2.24) is 30.4 Å². The van der Waals surface area contributed by atoms with Gasteiger partial charge < -0.3 is 9.88 Å². The Balaban J connectivity index is 1.58. The minimum Gasteiger partial charge on any atom is -0.334 e. The van der Waals surface area contributed by atoms with Gasteiger partial charge in [0.15, 0.2) is 11.0 Å². The van der Waals surface area contributed by atoms with Gasteiger partial charge in [-0.15, -0.1) is 10.2 Å². The van der Waals surface area contributed by atoms with Crippen LogP contribution in [0.1, 0.15) is 19.4 Å². The van der Waals surface area contributed by atoms with E-state index in [2.05, 4.69) is 25.8 Å². The van der Waals surface area contributed by atoms with Crippen molar-refractivity contribution in [2.75, 3.05) is 0 Å². The van der Waals surface area contributed by atoms with Gasteiger partial charge in [-0.3, -0.25) is 15.1 Å². The number of amides is 3. The fourth-order valence-corrected chi connectivity index (χ4v) is 3.54. The minimum absolute atomic E-state index is 0.348. The van der Waals surface area contributed by atoms with Gasteiger partial charge in [-0.05, 0) is 31.5 Å². The molecule has 0 aliphatic carbocycles. The second-order valence-corrected chi connectivity index (χ2v) is 7.51. The molecule has 0 saturated heterocycles. The maximum atomic E-state index is 12.4. The number of carbonyl (C=O) groups excluding carboxylic acids is 2. The Bertz CT molecular complexity index is 962. The molecular weight excluding hydrogens is 388 g/mol. The third kappa shape index (κ3) is 5.41. The normalized spacial score (nSPS) is 11.7. The van der Waals surface area contributed by atoms with Crippen LogP contribution in [0.4, 0.5) is 4.79 Å². The number of benzene rings is 1. The summed E-state index contributed by atoms with van der Waals surface area (Å²) >= 11 is 1.26. The summed E-state index contributed by atoms with van der Waals surface area (Å²) in [5.41, 5.74) is 1.86. The van der Waals surface area contributed by atoms with Gasteiger partial charge in [0.1, 0.15) is 0 Å². The van der Waals surface area contributed by atoms with Gasteiger partial charge in [0, 0.05) is 31.0 Å². The van der Waals surface area contributed by atoms with E-state index < -0.39 is 17.2 Å². The molecule has 3 rings (SSSR count). The van der Waals surface area contributed by atoms with Crippen LogP contribution in [0.15, 0.2) is 60.0 Å². The number of nitrogens with one attached hydrogen (secondary N) is 2. The summed E-state index contributed by atoms with van der Waals surface area (Å²) in [6, 6.07) is 12.7. The average molecular weight is 411 g/mol. The lowest BCUT2D eigenvalue weighted by molar-refractivity contribution is -0.119. The van der Waals surface area contributed by atoms with Crippen LogP contribution < -0.4 is 10.6 Å². The molecule has 8 nitrogen and oxygen atoms in total. The minimum atomic E-state index is -0.527. The van der Waals surface area contributed by atoms with E-state index >= 15 is 0 Å². The molecule has 2 aromatic heterocycles. The van der Waals surface area contributed by atoms with Crippen molar-refractivity contribution in [3.05, 3.63) is 60.4 Å². The van der Waals surface area contributed by atoms with E-state index in [-0.39, 0.29) is 0 Å². The third-order valence-corrected chi connectivity index (χ3v) is 5.24. The van der Waals surface area contributed by atoms with Gasteiger partial charge in [-0.25, -0.2) is 4.79 Å². The zero-order chi connectivity index (χ0) is 20.6. The molecule has 3 amide bonds. The van der Waals surface area contributed by atoms with Crippen molar-refractivity contribution in [2.24, 2.45) is 0 Å². The van der Waals surface area contributed by atoms with Crippen molar-refractivity contribution in [2.45, 2.75) is 37.3 Å². The zero-order valence-electron chi connectivity index (χ0n) is 16.2. The van der Waals surface area contributed by atoms with Crippen molar-refractivity contribution in [1.29, 1.82) is 0 Å². The summed E-state index contributed by atoms with van der Waals surface area (Å²) in [4.78, 5) is 28.4. The van der Waals surface area contributed by atoms with Gasteiger partial charge in [-0.1, -0.05) is 42.1 Å². The van der Waals surface area contributed by atoms with Gasteiger partial charge in [0.2, 0.25) is 5.91 Å². The molecule has 0 fully saturated rings. The molecule has 9 heteroatoms. The molecule has 0 spiro atoms. The number of aromatic nitrogens is 4. The van der Waals surface area contributed by atoms with Crippen LogP contribution in [-0.2, 0) is 17.9 Å². The molecule has 0 aliphatic heterocycles. The Morgan fingerprint density at radius 3 is 2.52 bits per heavy atom. The first kappa shape index (κ1) is 20.5. The van der Waals surface area contributed by atoms with Crippen LogP contribution in [0.5, 0.6) is 0 Å². The Kier molecular flexibility index (Phi) is 6.96. The molecule has 1 aromatic carbocycles. The monoisotopic (exact) mass is 410 g/mol. The van der Waals surface area contributed by atoms with E-state index in [0.717, 1.165) is 11.1 Å². The average Bonchev–Trinajstić information content (AvgIpc) is 3.16. The SMILES string of the molecule is CCn1c(S[C@@H](C)C(=O)NC(=O)NCc2ccccc2)nnc1-c1ccncc1. The quantitative estimate of drug-likeness (QED) is 0.581. The predicted octanol–water partition coefficient (Wildman–Crippen LogP) is 2.87. The molecule has 0 unspecified atom stereocenters. The summed E-state index contributed by atoms with van der Waals surface area (Å²) < 4.78 is 1.93.